The molecule has 0 heterocycles. The van der Waals surface area contributed by atoms with Crippen molar-refractivity contribution >= 4 is 26.2 Å². The molecule has 0 bridgehead atoms. The van der Waals surface area contributed by atoms with Gasteiger partial charge in [0, 0.05) is 32.4 Å². The van der Waals surface area contributed by atoms with Gasteiger partial charge in [0.2, 0.25) is 0 Å². The Hall–Kier alpha value is -1.61. The second kappa shape index (κ2) is 11.0. The summed E-state index contributed by atoms with van der Waals surface area (Å²) in [5.74, 6) is 0. The molecule has 0 saturated carbocycles. The molecule has 2 amide bonds. The normalized spacial score (nSPS) is 11.3. The van der Waals surface area contributed by atoms with Crippen LogP contribution in [0.1, 0.15) is 27.2 Å². The predicted octanol–water partition coefficient (Wildman–Crippen LogP) is 2.83. The molecule has 7 nitrogen and oxygen atoms in total. The number of amides is 2. The summed E-state index contributed by atoms with van der Waals surface area (Å²) in [6.45, 7) is 7.93. The number of nitrogen functional groups attached to an aromatic ring is 1. The van der Waals surface area contributed by atoms with E-state index in [0.29, 0.717) is 50.2 Å². The predicted molar refractivity (Wildman–Crippen MR) is 97.9 cm³/mol. The summed E-state index contributed by atoms with van der Waals surface area (Å²) >= 11 is 0. The van der Waals surface area contributed by atoms with Gasteiger partial charge in [-0.3, -0.25) is 0 Å². The number of hydrogen-bond acceptors (Lipinski definition) is 5. The smallest absolute Gasteiger partial charge is 0.397 e. The van der Waals surface area contributed by atoms with Gasteiger partial charge in [-0.05, 0) is 39.3 Å². The van der Waals surface area contributed by atoms with E-state index in [1.807, 2.05) is 32.9 Å². The quantitative estimate of drug-likeness (QED) is 0.322. The lowest BCUT2D eigenvalue weighted by atomic mass is 10.3. The molecule has 0 fully saturated rings. The molecule has 0 unspecified atom stereocenters. The fourth-order valence-electron chi connectivity index (χ4n) is 2.29. The number of anilines is 2. The zero-order valence-corrected chi connectivity index (χ0v) is 15.8. The molecule has 0 saturated heterocycles. The summed E-state index contributed by atoms with van der Waals surface area (Å²) in [6, 6.07) is 7.50. The monoisotopic (exact) mass is 355 g/mol. The van der Waals surface area contributed by atoms with E-state index in [4.69, 9.17) is 19.0 Å². The molecule has 0 aliphatic rings. The van der Waals surface area contributed by atoms with Gasteiger partial charge in [-0.15, -0.1) is 0 Å². The van der Waals surface area contributed by atoms with Gasteiger partial charge in [0.05, 0.1) is 11.4 Å². The second-order valence-corrected chi connectivity index (χ2v) is 7.79. The molecular weight excluding hydrogens is 326 g/mol. The highest BCUT2D eigenvalue weighted by molar-refractivity contribution is 6.60. The van der Waals surface area contributed by atoms with Gasteiger partial charge in [0.1, 0.15) is 0 Å². The zero-order chi connectivity index (χ0) is 17.8. The molecule has 1 rings (SSSR count). The molecule has 8 heteroatoms. The van der Waals surface area contributed by atoms with Crippen LogP contribution in [0.2, 0.25) is 6.04 Å². The van der Waals surface area contributed by atoms with E-state index in [0.717, 1.165) is 0 Å². The van der Waals surface area contributed by atoms with Crippen LogP contribution in [0.5, 0.6) is 0 Å². The maximum absolute atomic E-state index is 11.9. The maximum Gasteiger partial charge on any atom is 0.500 e. The Kier molecular flexibility index (Phi) is 9.39. The third-order valence-corrected chi connectivity index (χ3v) is 6.40. The van der Waals surface area contributed by atoms with Crippen LogP contribution in [0.15, 0.2) is 24.3 Å². The van der Waals surface area contributed by atoms with Crippen molar-refractivity contribution in [1.29, 1.82) is 0 Å². The Morgan fingerprint density at radius 3 is 2.21 bits per heavy atom. The van der Waals surface area contributed by atoms with Gasteiger partial charge in [0.25, 0.3) is 0 Å². The SMILES string of the molecule is CCO[Si](CCCNC(=O)Nc1ccccc1N)(OCC)OCC. The highest BCUT2D eigenvalue weighted by atomic mass is 28.4. The fourth-order valence-corrected chi connectivity index (χ4v) is 4.90. The van der Waals surface area contributed by atoms with Gasteiger partial charge in [-0.1, -0.05) is 12.1 Å². The second-order valence-electron chi connectivity index (χ2n) is 5.05. The molecule has 136 valence electrons. The Balaban J connectivity index is 2.41. The Labute approximate surface area is 145 Å². The molecule has 1 aromatic rings. The number of carbonyl (C=O) groups excluding carboxylic acids is 1. The molecule has 0 radical (unpaired) electrons. The average molecular weight is 356 g/mol. The summed E-state index contributed by atoms with van der Waals surface area (Å²) < 4.78 is 17.3. The van der Waals surface area contributed by atoms with Crippen molar-refractivity contribution in [1.82, 2.24) is 5.32 Å². The summed E-state index contributed by atoms with van der Waals surface area (Å²) in [6.07, 6.45) is 0.712. The third-order valence-electron chi connectivity index (χ3n) is 3.25. The maximum atomic E-state index is 11.9. The van der Waals surface area contributed by atoms with Crippen molar-refractivity contribution in [3.63, 3.8) is 0 Å². The van der Waals surface area contributed by atoms with Crippen molar-refractivity contribution in [2.24, 2.45) is 0 Å². The summed E-state index contributed by atoms with van der Waals surface area (Å²) in [5.41, 5.74) is 6.92. The van der Waals surface area contributed by atoms with E-state index in [-0.39, 0.29) is 6.03 Å². The van der Waals surface area contributed by atoms with Crippen LogP contribution >= 0.6 is 0 Å². The van der Waals surface area contributed by atoms with Crippen LogP contribution in [-0.4, -0.2) is 41.2 Å². The first kappa shape index (κ1) is 20.4. The topological polar surface area (TPSA) is 94.8 Å². The van der Waals surface area contributed by atoms with Crippen LogP contribution in [0, 0.1) is 0 Å². The van der Waals surface area contributed by atoms with E-state index >= 15 is 0 Å². The number of carbonyl (C=O) groups is 1. The summed E-state index contributed by atoms with van der Waals surface area (Å²) in [7, 11) is -2.64. The lowest BCUT2D eigenvalue weighted by Gasteiger charge is -2.28. The largest absolute Gasteiger partial charge is 0.500 e. The Bertz CT molecular complexity index is 485. The van der Waals surface area contributed by atoms with Crippen molar-refractivity contribution in [2.45, 2.75) is 33.2 Å². The standard InChI is InChI=1S/C16H29N3O4Si/c1-4-21-24(22-5-2,23-6-3)13-9-12-18-16(20)19-15-11-8-7-10-14(15)17/h7-8,10-11H,4-6,9,12-13,17H2,1-3H3,(H2,18,19,20). The van der Waals surface area contributed by atoms with Crippen LogP contribution in [0.25, 0.3) is 0 Å². The molecule has 4 N–H and O–H groups in total. The van der Waals surface area contributed by atoms with Crippen LogP contribution < -0.4 is 16.4 Å². The summed E-state index contributed by atoms with van der Waals surface area (Å²) in [5, 5.41) is 5.53. The van der Waals surface area contributed by atoms with Crippen molar-refractivity contribution < 1.29 is 18.1 Å². The average Bonchev–Trinajstić information content (AvgIpc) is 2.55. The fraction of sp³-hybridized carbons (Fsp3) is 0.562. The lowest BCUT2D eigenvalue weighted by Crippen LogP contribution is -2.46. The molecule has 0 aliphatic carbocycles. The first-order valence-corrected chi connectivity index (χ1v) is 10.3. The molecular formula is C16H29N3O4Si. The molecule has 0 aliphatic heterocycles. The van der Waals surface area contributed by atoms with Gasteiger partial charge in [0.15, 0.2) is 0 Å². The Morgan fingerprint density at radius 1 is 1.08 bits per heavy atom. The van der Waals surface area contributed by atoms with E-state index in [1.165, 1.54) is 0 Å². The highest BCUT2D eigenvalue weighted by Crippen LogP contribution is 2.18. The van der Waals surface area contributed by atoms with Gasteiger partial charge >= 0.3 is 14.8 Å². The minimum atomic E-state index is -2.64. The van der Waals surface area contributed by atoms with Gasteiger partial charge in [-0.25, -0.2) is 4.79 Å². The molecule has 0 spiro atoms. The molecule has 0 aromatic heterocycles. The van der Waals surface area contributed by atoms with Crippen LogP contribution in [0.4, 0.5) is 16.2 Å². The van der Waals surface area contributed by atoms with Crippen molar-refractivity contribution in [3.8, 4) is 0 Å². The van der Waals surface area contributed by atoms with E-state index in [9.17, 15) is 4.79 Å². The highest BCUT2D eigenvalue weighted by Gasteiger charge is 2.39. The van der Waals surface area contributed by atoms with E-state index < -0.39 is 8.80 Å². The summed E-state index contributed by atoms with van der Waals surface area (Å²) in [4.78, 5) is 11.9. The number of nitrogens with one attached hydrogen (secondary N) is 2. The van der Waals surface area contributed by atoms with E-state index in [2.05, 4.69) is 10.6 Å². The molecule has 24 heavy (non-hydrogen) atoms. The van der Waals surface area contributed by atoms with Crippen molar-refractivity contribution in [3.05, 3.63) is 24.3 Å². The Morgan fingerprint density at radius 2 is 1.67 bits per heavy atom. The lowest BCUT2D eigenvalue weighted by molar-refractivity contribution is 0.0708. The zero-order valence-electron chi connectivity index (χ0n) is 14.8. The third kappa shape index (κ3) is 6.87. The molecule has 1 aromatic carbocycles. The number of hydrogen-bond donors (Lipinski definition) is 3. The number of rotatable bonds is 11. The minimum absolute atomic E-state index is 0.288. The number of benzene rings is 1. The van der Waals surface area contributed by atoms with Crippen LogP contribution in [0.3, 0.4) is 0 Å². The van der Waals surface area contributed by atoms with Gasteiger partial charge in [-0.2, -0.15) is 0 Å². The molecule has 0 atom stereocenters. The van der Waals surface area contributed by atoms with Gasteiger partial charge < -0.3 is 29.6 Å². The number of urea groups is 1. The number of para-hydroxylation sites is 2. The van der Waals surface area contributed by atoms with Crippen molar-refractivity contribution in [2.75, 3.05) is 37.4 Å². The first-order chi connectivity index (χ1) is 11.6. The van der Waals surface area contributed by atoms with E-state index in [1.54, 1.807) is 12.1 Å². The van der Waals surface area contributed by atoms with Crippen LogP contribution in [-0.2, 0) is 13.3 Å². The number of nitrogens with two attached hydrogens (primary N) is 1. The first-order valence-electron chi connectivity index (χ1n) is 8.38. The minimum Gasteiger partial charge on any atom is -0.397 e.